The summed E-state index contributed by atoms with van der Waals surface area (Å²) in [6.07, 6.45) is 3.80. The first-order valence-corrected chi connectivity index (χ1v) is 5.88. The quantitative estimate of drug-likeness (QED) is 0.471. The summed E-state index contributed by atoms with van der Waals surface area (Å²) in [5.74, 6) is 0. The third kappa shape index (κ3) is 4.12. The Balaban J connectivity index is 0. The van der Waals surface area contributed by atoms with Crippen LogP contribution in [0.5, 0.6) is 0 Å². The van der Waals surface area contributed by atoms with Gasteiger partial charge < -0.3 is 14.9 Å². The van der Waals surface area contributed by atoms with Crippen molar-refractivity contribution in [3.05, 3.63) is 55.8 Å². The van der Waals surface area contributed by atoms with Crippen LogP contribution in [0.4, 0.5) is 0 Å². The van der Waals surface area contributed by atoms with Crippen LogP contribution in [0.1, 0.15) is 36.5 Å². The molecule has 2 rings (SSSR count). The van der Waals surface area contributed by atoms with Gasteiger partial charge in [-0.05, 0) is 13.8 Å². The summed E-state index contributed by atoms with van der Waals surface area (Å²) in [5, 5.41) is 2.87. The number of hydrogen-bond acceptors (Lipinski definition) is 0. The molecule has 0 bridgehead atoms. The molecule has 0 unspecified atom stereocenters. The first-order valence-electron chi connectivity index (χ1n) is 5.88. The Morgan fingerprint density at radius 2 is 1.67 bits per heavy atom. The number of aryl methyl sites for hydroxylation is 3. The van der Waals surface area contributed by atoms with Crippen molar-refractivity contribution < 1.29 is 25.8 Å². The summed E-state index contributed by atoms with van der Waals surface area (Å²) in [7, 11) is 0. The summed E-state index contributed by atoms with van der Waals surface area (Å²) >= 11 is 0. The van der Waals surface area contributed by atoms with Crippen LogP contribution in [-0.2, 0) is 32.3 Å². The predicted octanol–water partition coefficient (Wildman–Crippen LogP) is 5.42. The molecule has 2 aromatic carbocycles. The molecule has 18 heavy (non-hydrogen) atoms. The van der Waals surface area contributed by atoms with E-state index in [1.54, 1.807) is 0 Å². The van der Waals surface area contributed by atoms with E-state index < -0.39 is 0 Å². The van der Waals surface area contributed by atoms with Crippen LogP contribution < -0.4 is 0 Å². The van der Waals surface area contributed by atoms with Gasteiger partial charge in [0.2, 0.25) is 0 Å². The van der Waals surface area contributed by atoms with Gasteiger partial charge >= 0.3 is 0 Å². The average Bonchev–Trinajstić information content (AvgIpc) is 2.59. The second-order valence-electron chi connectivity index (χ2n) is 4.49. The zero-order valence-corrected chi connectivity index (χ0v) is 16.0. The molecule has 0 saturated heterocycles. The molecule has 0 nitrogen and oxygen atoms in total. The van der Waals surface area contributed by atoms with Gasteiger partial charge in [-0.3, -0.25) is 0 Å². The molecule has 2 aromatic rings. The molecular formula is C17H25Hf-3. The molecule has 0 spiro atoms. The van der Waals surface area contributed by atoms with Gasteiger partial charge in [0.1, 0.15) is 0 Å². The number of benzene rings is 1. The van der Waals surface area contributed by atoms with E-state index >= 15 is 0 Å². The molecule has 0 atom stereocenters. The summed E-state index contributed by atoms with van der Waals surface area (Å²) in [6, 6.07) is 9.20. The minimum absolute atomic E-state index is 0. The van der Waals surface area contributed by atoms with E-state index in [0.29, 0.717) is 0 Å². The van der Waals surface area contributed by atoms with Gasteiger partial charge in [0.15, 0.2) is 0 Å². The third-order valence-corrected chi connectivity index (χ3v) is 3.28. The fourth-order valence-electron chi connectivity index (χ4n) is 2.12. The summed E-state index contributed by atoms with van der Waals surface area (Å²) in [5.41, 5.74) is 4.33. The van der Waals surface area contributed by atoms with Gasteiger partial charge in [0, 0.05) is 25.8 Å². The van der Waals surface area contributed by atoms with Gasteiger partial charge in [0.05, 0.1) is 0 Å². The Labute approximate surface area is 132 Å². The number of rotatable bonds is 3. The zero-order valence-electron chi connectivity index (χ0n) is 12.4. The van der Waals surface area contributed by atoms with Gasteiger partial charge in [-0.1, -0.05) is 37.3 Å². The van der Waals surface area contributed by atoms with Gasteiger partial charge in [-0.2, -0.15) is 6.07 Å². The van der Waals surface area contributed by atoms with Crippen LogP contribution >= 0.6 is 0 Å². The molecule has 0 N–H and O–H groups in total. The van der Waals surface area contributed by atoms with Crippen LogP contribution in [0.2, 0.25) is 0 Å². The smallest absolute Gasteiger partial charge is 0 e. The van der Waals surface area contributed by atoms with Crippen molar-refractivity contribution in [2.24, 2.45) is 0 Å². The third-order valence-electron chi connectivity index (χ3n) is 3.28. The minimum atomic E-state index is 0. The maximum absolute atomic E-state index is 2.34. The van der Waals surface area contributed by atoms with E-state index in [9.17, 15) is 0 Å². The molecular weight excluding hydrogens is 383 g/mol. The Bertz CT molecular complexity index is 466. The SMILES string of the molecule is CCCC[c-]1ccc2cc(C)c(C)cc21.[CH3-].[CH3-].[Hf]. The van der Waals surface area contributed by atoms with Crippen molar-refractivity contribution in [1.29, 1.82) is 0 Å². The minimum Gasteiger partial charge on any atom is -0.358 e. The van der Waals surface area contributed by atoms with Crippen molar-refractivity contribution in [3.8, 4) is 0 Å². The van der Waals surface area contributed by atoms with E-state index in [2.05, 4.69) is 45.0 Å². The molecule has 100 valence electrons. The number of hydrogen-bond donors (Lipinski definition) is 0. The van der Waals surface area contributed by atoms with Crippen LogP contribution in [0.3, 0.4) is 0 Å². The van der Waals surface area contributed by atoms with Crippen molar-refractivity contribution >= 4 is 10.8 Å². The van der Waals surface area contributed by atoms with E-state index in [-0.39, 0.29) is 40.7 Å². The van der Waals surface area contributed by atoms with E-state index in [4.69, 9.17) is 0 Å². The fraction of sp³-hybridized carbons (Fsp3) is 0.353. The largest absolute Gasteiger partial charge is 0.358 e. The zero-order chi connectivity index (χ0) is 10.8. The standard InChI is InChI=1S/C15H19.2CH3.Hf/c1-4-5-6-13-7-8-14-9-11(2)12(3)10-15(13)14;;;/h7-10H,4-6H2,1-3H3;2*1H3;/q3*-1;. The van der Waals surface area contributed by atoms with Crippen LogP contribution in [0, 0.1) is 28.7 Å². The predicted molar refractivity (Wildman–Crippen MR) is 80.5 cm³/mol. The molecule has 0 amide bonds. The average molecular weight is 408 g/mol. The molecule has 0 aromatic heterocycles. The van der Waals surface area contributed by atoms with Crippen molar-refractivity contribution in [1.82, 2.24) is 0 Å². The van der Waals surface area contributed by atoms with E-state index in [1.165, 1.54) is 46.7 Å². The molecule has 1 heteroatoms. The summed E-state index contributed by atoms with van der Waals surface area (Å²) < 4.78 is 0. The van der Waals surface area contributed by atoms with E-state index in [1.807, 2.05) is 0 Å². The van der Waals surface area contributed by atoms with Gasteiger partial charge in [-0.25, -0.2) is 0 Å². The fourth-order valence-corrected chi connectivity index (χ4v) is 2.12. The topological polar surface area (TPSA) is 0 Å². The molecule has 0 aliphatic carbocycles. The van der Waals surface area contributed by atoms with Gasteiger partial charge in [-0.15, -0.1) is 34.5 Å². The molecule has 0 aliphatic rings. The Morgan fingerprint density at radius 1 is 1.06 bits per heavy atom. The van der Waals surface area contributed by atoms with Crippen molar-refractivity contribution in [2.75, 3.05) is 0 Å². The van der Waals surface area contributed by atoms with Crippen molar-refractivity contribution in [2.45, 2.75) is 40.0 Å². The molecule has 0 saturated carbocycles. The van der Waals surface area contributed by atoms with Gasteiger partial charge in [0.25, 0.3) is 0 Å². The summed E-state index contributed by atoms with van der Waals surface area (Å²) in [6.45, 7) is 6.64. The Kier molecular flexibility index (Phi) is 9.73. The maximum Gasteiger partial charge on any atom is 0 e. The summed E-state index contributed by atoms with van der Waals surface area (Å²) in [4.78, 5) is 0. The number of unbranched alkanes of at least 4 members (excludes halogenated alkanes) is 1. The number of fused-ring (bicyclic) bond motifs is 1. The second-order valence-corrected chi connectivity index (χ2v) is 4.49. The van der Waals surface area contributed by atoms with Crippen molar-refractivity contribution in [3.63, 3.8) is 0 Å². The Hall–Kier alpha value is -0.300. The monoisotopic (exact) mass is 409 g/mol. The molecule has 0 aliphatic heterocycles. The Morgan fingerprint density at radius 3 is 2.28 bits per heavy atom. The molecule has 0 radical (unpaired) electrons. The molecule has 0 fully saturated rings. The first-order chi connectivity index (χ1) is 7.22. The van der Waals surface area contributed by atoms with Crippen LogP contribution in [0.15, 0.2) is 24.3 Å². The van der Waals surface area contributed by atoms with Crippen LogP contribution in [0.25, 0.3) is 10.8 Å². The van der Waals surface area contributed by atoms with Crippen LogP contribution in [-0.4, -0.2) is 0 Å². The normalized spacial score (nSPS) is 9.28. The molecule has 0 heterocycles. The van der Waals surface area contributed by atoms with E-state index in [0.717, 1.165) is 0 Å². The maximum atomic E-state index is 2.34. The second kappa shape index (κ2) is 8.74. The first kappa shape index (κ1) is 20.0.